The van der Waals surface area contributed by atoms with E-state index < -0.39 is 0 Å². The molecule has 1 N–H and O–H groups in total. The lowest BCUT2D eigenvalue weighted by atomic mass is 10.3. The average molecular weight is 305 g/mol. The molecule has 21 heavy (non-hydrogen) atoms. The highest BCUT2D eigenvalue weighted by atomic mass is 32.1. The first-order valence-corrected chi connectivity index (χ1v) is 7.60. The van der Waals surface area contributed by atoms with Crippen LogP contribution in [0.4, 0.5) is 5.13 Å². The topological polar surface area (TPSA) is 54.5 Å². The minimum absolute atomic E-state index is 0.0967. The van der Waals surface area contributed by atoms with Gasteiger partial charge in [0.2, 0.25) is 5.91 Å². The Balaban J connectivity index is 1.72. The number of anilines is 1. The number of rotatable bonds is 7. The van der Waals surface area contributed by atoms with Crippen molar-refractivity contribution in [2.45, 2.75) is 13.5 Å². The molecule has 0 aliphatic carbocycles. The molecule has 0 radical (unpaired) electrons. The van der Waals surface area contributed by atoms with E-state index in [0.717, 1.165) is 24.5 Å². The second-order valence-corrected chi connectivity index (χ2v) is 5.58. The van der Waals surface area contributed by atoms with Gasteiger partial charge >= 0.3 is 0 Å². The number of thiazole rings is 1. The van der Waals surface area contributed by atoms with Crippen molar-refractivity contribution in [2.75, 3.05) is 25.5 Å². The maximum Gasteiger partial charge on any atom is 0.223 e. The Bertz CT molecular complexity index is 571. The van der Waals surface area contributed by atoms with Crippen molar-refractivity contribution in [3.05, 3.63) is 41.4 Å². The molecule has 1 amide bonds. The summed E-state index contributed by atoms with van der Waals surface area (Å²) in [6, 6.07) is 9.77. The number of nitrogens with zero attached hydrogens (tertiary/aromatic N) is 2. The molecule has 2 rings (SSSR count). The van der Waals surface area contributed by atoms with Crippen molar-refractivity contribution in [1.29, 1.82) is 0 Å². The summed E-state index contributed by atoms with van der Waals surface area (Å²) in [7, 11) is 2.02. The number of likely N-dealkylation sites (N-methyl/N-ethyl adjacent to an activating group) is 1. The van der Waals surface area contributed by atoms with Gasteiger partial charge in [-0.05, 0) is 19.2 Å². The molecule has 5 nitrogen and oxygen atoms in total. The fourth-order valence-electron chi connectivity index (χ4n) is 1.78. The van der Waals surface area contributed by atoms with Gasteiger partial charge in [-0.2, -0.15) is 0 Å². The summed E-state index contributed by atoms with van der Waals surface area (Å²) in [5.41, 5.74) is 0.950. The van der Waals surface area contributed by atoms with Crippen molar-refractivity contribution in [3.8, 4) is 5.75 Å². The summed E-state index contributed by atoms with van der Waals surface area (Å²) >= 11 is 1.44. The molecule has 0 atom stereocenters. The van der Waals surface area contributed by atoms with E-state index in [-0.39, 0.29) is 5.91 Å². The van der Waals surface area contributed by atoms with E-state index >= 15 is 0 Å². The Kier molecular flexibility index (Phi) is 5.71. The van der Waals surface area contributed by atoms with Crippen molar-refractivity contribution >= 4 is 22.4 Å². The van der Waals surface area contributed by atoms with E-state index in [0.29, 0.717) is 11.7 Å². The third kappa shape index (κ3) is 5.53. The Morgan fingerprint density at radius 1 is 1.38 bits per heavy atom. The zero-order valence-electron chi connectivity index (χ0n) is 12.2. The van der Waals surface area contributed by atoms with Gasteiger partial charge < -0.3 is 10.1 Å². The highest BCUT2D eigenvalue weighted by Gasteiger charge is 2.06. The Morgan fingerprint density at radius 3 is 2.86 bits per heavy atom. The quantitative estimate of drug-likeness (QED) is 0.854. The summed E-state index contributed by atoms with van der Waals surface area (Å²) < 4.78 is 5.66. The fraction of sp³-hybridized carbons (Fsp3) is 0.333. The SMILES string of the molecule is CC(=O)Nc1nc(CN(C)CCOc2ccccc2)cs1. The summed E-state index contributed by atoms with van der Waals surface area (Å²) in [6.07, 6.45) is 0. The monoisotopic (exact) mass is 305 g/mol. The van der Waals surface area contributed by atoms with Crippen LogP contribution in [0.5, 0.6) is 5.75 Å². The van der Waals surface area contributed by atoms with Crippen LogP contribution >= 0.6 is 11.3 Å². The number of hydrogen-bond acceptors (Lipinski definition) is 5. The lowest BCUT2D eigenvalue weighted by Gasteiger charge is -2.15. The van der Waals surface area contributed by atoms with Crippen LogP contribution in [0.15, 0.2) is 35.7 Å². The largest absolute Gasteiger partial charge is 0.492 e. The molecule has 0 aliphatic heterocycles. The van der Waals surface area contributed by atoms with Gasteiger partial charge in [-0.25, -0.2) is 4.98 Å². The number of nitrogens with one attached hydrogen (secondary N) is 1. The van der Waals surface area contributed by atoms with Crippen LogP contribution < -0.4 is 10.1 Å². The molecule has 0 bridgehead atoms. The highest BCUT2D eigenvalue weighted by Crippen LogP contribution is 2.16. The number of hydrogen-bond donors (Lipinski definition) is 1. The van der Waals surface area contributed by atoms with E-state index in [2.05, 4.69) is 15.2 Å². The van der Waals surface area contributed by atoms with Crippen LogP contribution in [0.1, 0.15) is 12.6 Å². The third-order valence-electron chi connectivity index (χ3n) is 2.75. The maximum absolute atomic E-state index is 10.9. The number of carbonyl (C=O) groups excluding carboxylic acids is 1. The molecule has 1 heterocycles. The van der Waals surface area contributed by atoms with Crippen LogP contribution in [0.3, 0.4) is 0 Å². The van der Waals surface area contributed by atoms with E-state index in [1.165, 1.54) is 18.3 Å². The number of amides is 1. The van der Waals surface area contributed by atoms with Crippen LogP contribution in [0.25, 0.3) is 0 Å². The normalized spacial score (nSPS) is 10.6. The van der Waals surface area contributed by atoms with Gasteiger partial charge in [0.15, 0.2) is 5.13 Å². The van der Waals surface area contributed by atoms with Crippen molar-refractivity contribution < 1.29 is 9.53 Å². The van der Waals surface area contributed by atoms with Gasteiger partial charge in [-0.15, -0.1) is 11.3 Å². The molecule has 0 spiro atoms. The smallest absolute Gasteiger partial charge is 0.223 e. The first-order valence-electron chi connectivity index (χ1n) is 6.72. The molecular weight excluding hydrogens is 286 g/mol. The van der Waals surface area contributed by atoms with Gasteiger partial charge in [0.1, 0.15) is 12.4 Å². The predicted octanol–water partition coefficient (Wildman–Crippen LogP) is 2.61. The number of aromatic nitrogens is 1. The predicted molar refractivity (Wildman–Crippen MR) is 84.7 cm³/mol. The molecule has 0 fully saturated rings. The summed E-state index contributed by atoms with van der Waals surface area (Å²) in [6.45, 7) is 3.65. The van der Waals surface area contributed by atoms with Crippen molar-refractivity contribution in [3.63, 3.8) is 0 Å². The Morgan fingerprint density at radius 2 is 2.14 bits per heavy atom. The summed E-state index contributed by atoms with van der Waals surface area (Å²) in [5, 5.41) is 5.29. The van der Waals surface area contributed by atoms with Gasteiger partial charge in [-0.3, -0.25) is 9.69 Å². The van der Waals surface area contributed by atoms with E-state index in [9.17, 15) is 4.79 Å². The van der Waals surface area contributed by atoms with Crippen LogP contribution in [0.2, 0.25) is 0 Å². The Labute approximate surface area is 128 Å². The molecule has 112 valence electrons. The molecular formula is C15H19N3O2S. The number of benzene rings is 1. The standard InChI is InChI=1S/C15H19N3O2S/c1-12(19)16-15-17-13(11-21-15)10-18(2)8-9-20-14-6-4-3-5-7-14/h3-7,11H,8-10H2,1-2H3,(H,16,17,19). The minimum atomic E-state index is -0.0967. The Hall–Kier alpha value is -1.92. The van der Waals surface area contributed by atoms with E-state index in [1.54, 1.807) is 0 Å². The lowest BCUT2D eigenvalue weighted by molar-refractivity contribution is -0.114. The molecule has 0 aliphatic rings. The van der Waals surface area contributed by atoms with E-state index in [1.807, 2.05) is 42.8 Å². The first kappa shape index (κ1) is 15.5. The average Bonchev–Trinajstić information content (AvgIpc) is 2.86. The highest BCUT2D eigenvalue weighted by molar-refractivity contribution is 7.13. The second-order valence-electron chi connectivity index (χ2n) is 4.72. The lowest BCUT2D eigenvalue weighted by Crippen LogP contribution is -2.24. The zero-order valence-corrected chi connectivity index (χ0v) is 13.0. The van der Waals surface area contributed by atoms with Crippen molar-refractivity contribution in [2.24, 2.45) is 0 Å². The summed E-state index contributed by atoms with van der Waals surface area (Å²) in [5.74, 6) is 0.785. The summed E-state index contributed by atoms with van der Waals surface area (Å²) in [4.78, 5) is 17.4. The third-order valence-corrected chi connectivity index (χ3v) is 3.56. The minimum Gasteiger partial charge on any atom is -0.492 e. The van der Waals surface area contributed by atoms with Gasteiger partial charge in [0, 0.05) is 25.4 Å². The van der Waals surface area contributed by atoms with Crippen LogP contribution in [0, 0.1) is 0 Å². The van der Waals surface area contributed by atoms with Gasteiger partial charge in [0.05, 0.1) is 5.69 Å². The molecule has 0 saturated carbocycles. The van der Waals surface area contributed by atoms with Crippen molar-refractivity contribution in [1.82, 2.24) is 9.88 Å². The number of carbonyl (C=O) groups is 1. The first-order chi connectivity index (χ1) is 10.1. The number of ether oxygens (including phenoxy) is 1. The molecule has 1 aromatic carbocycles. The van der Waals surface area contributed by atoms with Crippen LogP contribution in [-0.2, 0) is 11.3 Å². The van der Waals surface area contributed by atoms with Gasteiger partial charge in [0.25, 0.3) is 0 Å². The molecule has 0 unspecified atom stereocenters. The van der Waals surface area contributed by atoms with E-state index in [4.69, 9.17) is 4.74 Å². The maximum atomic E-state index is 10.9. The second kappa shape index (κ2) is 7.75. The zero-order chi connectivity index (χ0) is 15.1. The molecule has 1 aromatic heterocycles. The van der Waals surface area contributed by atoms with Crippen LogP contribution in [-0.4, -0.2) is 36.0 Å². The van der Waals surface area contributed by atoms with Gasteiger partial charge in [-0.1, -0.05) is 18.2 Å². The molecule has 2 aromatic rings. The molecule has 0 saturated heterocycles. The molecule has 6 heteroatoms. The number of para-hydroxylation sites is 1. The fourth-order valence-corrected chi connectivity index (χ4v) is 2.53.